The third-order valence-electron chi connectivity index (χ3n) is 2.40. The molecule has 1 aliphatic heterocycles. The van der Waals surface area contributed by atoms with Crippen LogP contribution in [0.15, 0.2) is 28.2 Å². The highest BCUT2D eigenvalue weighted by atomic mass is 35.5. The lowest BCUT2D eigenvalue weighted by molar-refractivity contribution is -0.0118. The number of anilines is 1. The summed E-state index contributed by atoms with van der Waals surface area (Å²) in [6, 6.07) is 1.64. The van der Waals surface area contributed by atoms with Gasteiger partial charge in [0.25, 0.3) is 0 Å². The minimum Gasteiger partial charge on any atom is -0.393 e. The van der Waals surface area contributed by atoms with Gasteiger partial charge >= 0.3 is 5.69 Å². The number of nitrogens with one attached hydrogen (secondary N) is 1. The maximum Gasteiger partial charge on any atom is 0.351 e. The van der Waals surface area contributed by atoms with Crippen LogP contribution in [0.25, 0.3) is 0 Å². The van der Waals surface area contributed by atoms with E-state index in [0.717, 1.165) is 0 Å². The molecule has 0 aliphatic carbocycles. The van der Waals surface area contributed by atoms with E-state index in [0.29, 0.717) is 10.9 Å². The van der Waals surface area contributed by atoms with Crippen molar-refractivity contribution < 1.29 is 9.84 Å². The third kappa shape index (κ3) is 2.33. The number of rotatable bonds is 3. The van der Waals surface area contributed by atoms with Crippen LogP contribution >= 0.6 is 11.6 Å². The molecule has 92 valence electrons. The standard InChI is InChI=1S/C10H12ClN3O3/c1-12-8-2-3-14(10(16)13-8)9-7(11)4-6(5-15)17-9/h2-4,6,9,15H,5H2,1H3,(H,12,13,16)/t6-,9+/m0/s1. The van der Waals surface area contributed by atoms with Crippen LogP contribution in [0.2, 0.25) is 0 Å². The van der Waals surface area contributed by atoms with E-state index in [1.54, 1.807) is 25.4 Å². The van der Waals surface area contributed by atoms with Crippen LogP contribution in [-0.2, 0) is 4.74 Å². The lowest BCUT2D eigenvalue weighted by Gasteiger charge is -2.16. The van der Waals surface area contributed by atoms with Crippen LogP contribution in [0.1, 0.15) is 6.23 Å². The van der Waals surface area contributed by atoms with Crippen LogP contribution in [-0.4, -0.2) is 34.4 Å². The quantitative estimate of drug-likeness (QED) is 0.814. The van der Waals surface area contributed by atoms with E-state index in [9.17, 15) is 4.79 Å². The zero-order chi connectivity index (χ0) is 12.4. The summed E-state index contributed by atoms with van der Waals surface area (Å²) >= 11 is 5.95. The van der Waals surface area contributed by atoms with Gasteiger partial charge in [-0.05, 0) is 12.1 Å². The van der Waals surface area contributed by atoms with Crippen molar-refractivity contribution >= 4 is 17.4 Å². The van der Waals surface area contributed by atoms with E-state index >= 15 is 0 Å². The molecule has 0 saturated heterocycles. The van der Waals surface area contributed by atoms with Crippen LogP contribution in [0.5, 0.6) is 0 Å². The SMILES string of the molecule is CNc1ccn([C@@H]2O[C@H](CO)C=C2Cl)c(=O)n1. The van der Waals surface area contributed by atoms with Gasteiger partial charge in [-0.15, -0.1) is 0 Å². The number of hydrogen-bond donors (Lipinski definition) is 2. The van der Waals surface area contributed by atoms with Crippen LogP contribution in [0, 0.1) is 0 Å². The summed E-state index contributed by atoms with van der Waals surface area (Å²) in [5, 5.41) is 12.1. The zero-order valence-electron chi connectivity index (χ0n) is 9.13. The molecular weight excluding hydrogens is 246 g/mol. The average molecular weight is 258 g/mol. The van der Waals surface area contributed by atoms with Gasteiger partial charge in [-0.2, -0.15) is 4.98 Å². The fourth-order valence-corrected chi connectivity index (χ4v) is 1.85. The summed E-state index contributed by atoms with van der Waals surface area (Å²) in [4.78, 5) is 15.5. The van der Waals surface area contributed by atoms with E-state index in [4.69, 9.17) is 21.4 Å². The van der Waals surface area contributed by atoms with Gasteiger partial charge in [0.2, 0.25) is 0 Å². The molecular formula is C10H12ClN3O3. The van der Waals surface area contributed by atoms with Crippen molar-refractivity contribution in [1.29, 1.82) is 0 Å². The molecule has 17 heavy (non-hydrogen) atoms. The summed E-state index contributed by atoms with van der Waals surface area (Å²) < 4.78 is 6.66. The smallest absolute Gasteiger partial charge is 0.351 e. The first-order chi connectivity index (χ1) is 8.15. The van der Waals surface area contributed by atoms with Crippen LogP contribution < -0.4 is 11.0 Å². The Hall–Kier alpha value is -1.37. The summed E-state index contributed by atoms with van der Waals surface area (Å²) in [7, 11) is 1.67. The van der Waals surface area contributed by atoms with Gasteiger partial charge in [0.15, 0.2) is 6.23 Å². The first-order valence-electron chi connectivity index (χ1n) is 5.06. The highest BCUT2D eigenvalue weighted by Gasteiger charge is 2.27. The van der Waals surface area contributed by atoms with Gasteiger partial charge in [0, 0.05) is 13.2 Å². The molecule has 0 aromatic carbocycles. The lowest BCUT2D eigenvalue weighted by atomic mass is 10.4. The summed E-state index contributed by atoms with van der Waals surface area (Å²) in [6.07, 6.45) is 1.93. The average Bonchev–Trinajstić information content (AvgIpc) is 2.70. The Balaban J connectivity index is 2.30. The number of halogens is 1. The van der Waals surface area contributed by atoms with Crippen molar-refractivity contribution in [3.8, 4) is 0 Å². The maximum atomic E-state index is 11.7. The molecule has 2 atom stereocenters. The van der Waals surface area contributed by atoms with E-state index in [1.165, 1.54) is 4.57 Å². The summed E-state index contributed by atoms with van der Waals surface area (Å²) in [6.45, 7) is -0.177. The number of nitrogens with zero attached hydrogens (tertiary/aromatic N) is 2. The van der Waals surface area contributed by atoms with E-state index in [-0.39, 0.29) is 6.61 Å². The highest BCUT2D eigenvalue weighted by molar-refractivity contribution is 6.30. The molecule has 2 N–H and O–H groups in total. The Morgan fingerprint density at radius 1 is 1.71 bits per heavy atom. The molecule has 1 aromatic rings. The minimum atomic E-state index is -0.709. The predicted molar refractivity (Wildman–Crippen MR) is 63.0 cm³/mol. The highest BCUT2D eigenvalue weighted by Crippen LogP contribution is 2.30. The molecule has 1 aromatic heterocycles. The largest absolute Gasteiger partial charge is 0.393 e. The van der Waals surface area contributed by atoms with Gasteiger partial charge in [0.05, 0.1) is 11.6 Å². The fraction of sp³-hybridized carbons (Fsp3) is 0.400. The summed E-state index contributed by atoms with van der Waals surface area (Å²) in [5.74, 6) is 0.475. The van der Waals surface area contributed by atoms with Crippen LogP contribution in [0.4, 0.5) is 5.82 Å². The van der Waals surface area contributed by atoms with Gasteiger partial charge in [-0.3, -0.25) is 4.57 Å². The molecule has 7 heteroatoms. The number of aliphatic hydroxyl groups excluding tert-OH is 1. The second-order valence-electron chi connectivity index (χ2n) is 3.51. The number of aliphatic hydroxyl groups is 1. The molecule has 0 radical (unpaired) electrons. The Kier molecular flexibility index (Phi) is 3.46. The second-order valence-corrected chi connectivity index (χ2v) is 3.95. The molecule has 0 unspecified atom stereocenters. The molecule has 0 fully saturated rings. The van der Waals surface area contributed by atoms with Gasteiger partial charge < -0.3 is 15.2 Å². The maximum absolute atomic E-state index is 11.7. The molecule has 2 rings (SSSR count). The first kappa shape index (κ1) is 12.1. The third-order valence-corrected chi connectivity index (χ3v) is 2.72. The van der Waals surface area contributed by atoms with Gasteiger partial charge in [-0.25, -0.2) is 4.79 Å². The number of ether oxygens (including phenoxy) is 1. The normalized spacial score (nSPS) is 23.6. The van der Waals surface area contributed by atoms with Crippen molar-refractivity contribution in [2.24, 2.45) is 0 Å². The van der Waals surface area contributed by atoms with Crippen molar-refractivity contribution in [2.75, 3.05) is 19.0 Å². The summed E-state index contributed by atoms with van der Waals surface area (Å²) in [5.41, 5.74) is -0.466. The van der Waals surface area contributed by atoms with Crippen molar-refractivity contribution in [3.05, 3.63) is 33.9 Å². The number of aromatic nitrogens is 2. The van der Waals surface area contributed by atoms with Gasteiger partial charge in [0.1, 0.15) is 11.9 Å². The van der Waals surface area contributed by atoms with Crippen LogP contribution in [0.3, 0.4) is 0 Å². The molecule has 0 saturated carbocycles. The molecule has 0 amide bonds. The monoisotopic (exact) mass is 257 g/mol. The predicted octanol–water partition coefficient (Wildman–Crippen LogP) is 0.297. The van der Waals surface area contributed by atoms with Crippen molar-refractivity contribution in [2.45, 2.75) is 12.3 Å². The molecule has 0 spiro atoms. The lowest BCUT2D eigenvalue weighted by Crippen LogP contribution is -2.28. The number of hydrogen-bond acceptors (Lipinski definition) is 5. The van der Waals surface area contributed by atoms with Gasteiger partial charge in [-0.1, -0.05) is 11.6 Å². The van der Waals surface area contributed by atoms with E-state index < -0.39 is 18.0 Å². The Labute approximate surface area is 102 Å². The second kappa shape index (κ2) is 4.87. The molecule has 6 nitrogen and oxygen atoms in total. The zero-order valence-corrected chi connectivity index (χ0v) is 9.89. The Morgan fingerprint density at radius 2 is 2.47 bits per heavy atom. The molecule has 0 bridgehead atoms. The molecule has 1 aliphatic rings. The Bertz CT molecular complexity index is 500. The topological polar surface area (TPSA) is 76.4 Å². The first-order valence-corrected chi connectivity index (χ1v) is 5.44. The fourth-order valence-electron chi connectivity index (χ4n) is 1.55. The molecule has 2 heterocycles. The van der Waals surface area contributed by atoms with Crippen molar-refractivity contribution in [3.63, 3.8) is 0 Å². The van der Waals surface area contributed by atoms with E-state index in [1.807, 2.05) is 0 Å². The Morgan fingerprint density at radius 3 is 3.00 bits per heavy atom. The minimum absolute atomic E-state index is 0.177. The van der Waals surface area contributed by atoms with E-state index in [2.05, 4.69) is 10.3 Å². The van der Waals surface area contributed by atoms with Crippen molar-refractivity contribution in [1.82, 2.24) is 9.55 Å².